The minimum Gasteiger partial charge on any atom is -0.481 e. The lowest BCUT2D eigenvalue weighted by molar-refractivity contribution is -0.141. The van der Waals surface area contributed by atoms with Crippen LogP contribution in [0.3, 0.4) is 0 Å². The molecule has 2 atom stereocenters. The molecule has 0 radical (unpaired) electrons. The first kappa shape index (κ1) is 11.0. The molecule has 0 aromatic carbocycles. The van der Waals surface area contributed by atoms with Crippen molar-refractivity contribution in [3.63, 3.8) is 0 Å². The molecule has 6 nitrogen and oxygen atoms in total. The van der Waals surface area contributed by atoms with Crippen LogP contribution < -0.4 is 4.90 Å². The first-order chi connectivity index (χ1) is 8.66. The standard InChI is InChI=1S/C12H14N4O2/c1-8-9(12(17)18)3-6-15(8)10-4-7-16-11(14-10)2-5-13-16/h2,4-5,7-9H,3,6H2,1H3,(H,17,18). The molecule has 0 aliphatic carbocycles. The van der Waals surface area contributed by atoms with Gasteiger partial charge in [-0.2, -0.15) is 5.10 Å². The minimum atomic E-state index is -0.726. The number of carboxylic acids is 1. The maximum absolute atomic E-state index is 11.1. The second kappa shape index (κ2) is 3.97. The number of anilines is 1. The largest absolute Gasteiger partial charge is 0.481 e. The predicted molar refractivity (Wildman–Crippen MR) is 65.5 cm³/mol. The van der Waals surface area contributed by atoms with Crippen molar-refractivity contribution >= 4 is 17.4 Å². The molecule has 18 heavy (non-hydrogen) atoms. The van der Waals surface area contributed by atoms with Gasteiger partial charge in [0.05, 0.1) is 12.1 Å². The summed E-state index contributed by atoms with van der Waals surface area (Å²) >= 11 is 0. The van der Waals surface area contributed by atoms with Crippen molar-refractivity contribution < 1.29 is 9.90 Å². The number of aliphatic carboxylic acids is 1. The van der Waals surface area contributed by atoms with E-state index < -0.39 is 5.97 Å². The number of nitrogens with zero attached hydrogens (tertiary/aromatic N) is 4. The Hall–Kier alpha value is -2.11. The van der Waals surface area contributed by atoms with Crippen molar-refractivity contribution in [3.8, 4) is 0 Å². The molecule has 1 fully saturated rings. The van der Waals surface area contributed by atoms with E-state index in [9.17, 15) is 4.79 Å². The van der Waals surface area contributed by atoms with E-state index >= 15 is 0 Å². The van der Waals surface area contributed by atoms with Crippen LogP contribution in [-0.2, 0) is 4.79 Å². The Labute approximate surface area is 104 Å². The summed E-state index contributed by atoms with van der Waals surface area (Å²) in [6, 6.07) is 3.68. The number of hydrogen-bond acceptors (Lipinski definition) is 4. The molecule has 2 aromatic rings. The van der Waals surface area contributed by atoms with Crippen LogP contribution in [0.4, 0.5) is 5.82 Å². The van der Waals surface area contributed by atoms with E-state index in [0.29, 0.717) is 6.42 Å². The fourth-order valence-electron chi connectivity index (χ4n) is 2.56. The number of carbonyl (C=O) groups is 1. The van der Waals surface area contributed by atoms with Gasteiger partial charge < -0.3 is 10.0 Å². The van der Waals surface area contributed by atoms with Crippen LogP contribution in [0.25, 0.3) is 5.65 Å². The Morgan fingerprint density at radius 3 is 3.06 bits per heavy atom. The quantitative estimate of drug-likeness (QED) is 0.857. The van der Waals surface area contributed by atoms with Crippen molar-refractivity contribution in [3.05, 3.63) is 24.5 Å². The maximum atomic E-state index is 11.1. The van der Waals surface area contributed by atoms with Gasteiger partial charge in [-0.15, -0.1) is 0 Å². The minimum absolute atomic E-state index is 0.0274. The monoisotopic (exact) mass is 246 g/mol. The van der Waals surface area contributed by atoms with E-state index in [2.05, 4.69) is 10.1 Å². The SMILES string of the molecule is CC1C(C(=O)O)CCN1c1ccn2nccc2n1. The molecule has 1 aliphatic heterocycles. The summed E-state index contributed by atoms with van der Waals surface area (Å²) in [6.45, 7) is 2.67. The van der Waals surface area contributed by atoms with E-state index in [-0.39, 0.29) is 12.0 Å². The highest BCUT2D eigenvalue weighted by molar-refractivity contribution is 5.72. The van der Waals surface area contributed by atoms with Crippen LogP contribution in [0.1, 0.15) is 13.3 Å². The molecule has 2 aromatic heterocycles. The van der Waals surface area contributed by atoms with Crippen molar-refractivity contribution in [2.24, 2.45) is 5.92 Å². The van der Waals surface area contributed by atoms with Gasteiger partial charge in [0, 0.05) is 24.8 Å². The average Bonchev–Trinajstić information content (AvgIpc) is 2.93. The molecule has 0 bridgehead atoms. The second-order valence-electron chi connectivity index (χ2n) is 4.59. The number of fused-ring (bicyclic) bond motifs is 1. The number of carboxylic acid groups (broad SMARTS) is 1. The summed E-state index contributed by atoms with van der Waals surface area (Å²) in [4.78, 5) is 17.6. The molecule has 0 spiro atoms. The van der Waals surface area contributed by atoms with Crippen molar-refractivity contribution in [2.75, 3.05) is 11.4 Å². The highest BCUT2D eigenvalue weighted by Crippen LogP contribution is 2.28. The van der Waals surface area contributed by atoms with E-state index in [0.717, 1.165) is 18.0 Å². The summed E-state index contributed by atoms with van der Waals surface area (Å²) < 4.78 is 1.69. The third-order valence-corrected chi connectivity index (χ3v) is 3.61. The summed E-state index contributed by atoms with van der Waals surface area (Å²) in [5, 5.41) is 13.2. The van der Waals surface area contributed by atoms with Gasteiger partial charge in [-0.25, -0.2) is 9.50 Å². The lowest BCUT2D eigenvalue weighted by atomic mass is 10.0. The predicted octanol–water partition coefficient (Wildman–Crippen LogP) is 1.03. The molecule has 3 heterocycles. The highest BCUT2D eigenvalue weighted by Gasteiger charge is 2.36. The Balaban J connectivity index is 1.93. The van der Waals surface area contributed by atoms with Gasteiger partial charge in [0.2, 0.25) is 0 Å². The van der Waals surface area contributed by atoms with Gasteiger partial charge in [0.1, 0.15) is 5.82 Å². The summed E-state index contributed by atoms with van der Waals surface area (Å²) in [7, 11) is 0. The second-order valence-corrected chi connectivity index (χ2v) is 4.59. The topological polar surface area (TPSA) is 70.7 Å². The molecular formula is C12H14N4O2. The average molecular weight is 246 g/mol. The summed E-state index contributed by atoms with van der Waals surface area (Å²) in [6.07, 6.45) is 4.21. The van der Waals surface area contributed by atoms with Gasteiger partial charge in [0.15, 0.2) is 5.65 Å². The van der Waals surface area contributed by atoms with Gasteiger partial charge in [-0.05, 0) is 19.4 Å². The first-order valence-electron chi connectivity index (χ1n) is 5.96. The zero-order valence-corrected chi connectivity index (χ0v) is 10.0. The van der Waals surface area contributed by atoms with E-state index in [4.69, 9.17) is 5.11 Å². The Morgan fingerprint density at radius 1 is 1.50 bits per heavy atom. The number of aromatic nitrogens is 3. The van der Waals surface area contributed by atoms with Gasteiger partial charge in [0.25, 0.3) is 0 Å². The Morgan fingerprint density at radius 2 is 2.33 bits per heavy atom. The van der Waals surface area contributed by atoms with Crippen LogP contribution in [0, 0.1) is 5.92 Å². The lowest BCUT2D eigenvalue weighted by Gasteiger charge is -2.24. The van der Waals surface area contributed by atoms with Crippen LogP contribution in [0.2, 0.25) is 0 Å². The van der Waals surface area contributed by atoms with E-state index in [1.54, 1.807) is 10.7 Å². The van der Waals surface area contributed by atoms with Crippen molar-refractivity contribution in [1.82, 2.24) is 14.6 Å². The Kier molecular flexibility index (Phi) is 2.43. The maximum Gasteiger partial charge on any atom is 0.308 e. The van der Waals surface area contributed by atoms with Crippen molar-refractivity contribution in [2.45, 2.75) is 19.4 Å². The molecule has 0 saturated carbocycles. The van der Waals surface area contributed by atoms with E-state index in [1.807, 2.05) is 30.2 Å². The van der Waals surface area contributed by atoms with Crippen LogP contribution in [0.15, 0.2) is 24.5 Å². The van der Waals surface area contributed by atoms with E-state index in [1.165, 1.54) is 0 Å². The molecule has 2 unspecified atom stereocenters. The molecule has 1 aliphatic rings. The zero-order chi connectivity index (χ0) is 12.7. The molecular weight excluding hydrogens is 232 g/mol. The Bertz CT molecular complexity index is 595. The first-order valence-corrected chi connectivity index (χ1v) is 5.96. The van der Waals surface area contributed by atoms with Crippen LogP contribution in [-0.4, -0.2) is 38.3 Å². The fourth-order valence-corrected chi connectivity index (χ4v) is 2.56. The molecule has 6 heteroatoms. The number of rotatable bonds is 2. The van der Waals surface area contributed by atoms with Crippen LogP contribution >= 0.6 is 0 Å². The summed E-state index contributed by atoms with van der Waals surface area (Å²) in [5.74, 6) is -0.220. The molecule has 1 N–H and O–H groups in total. The smallest absolute Gasteiger partial charge is 0.308 e. The molecule has 1 saturated heterocycles. The third kappa shape index (κ3) is 1.61. The third-order valence-electron chi connectivity index (χ3n) is 3.61. The highest BCUT2D eigenvalue weighted by atomic mass is 16.4. The van der Waals surface area contributed by atoms with Crippen molar-refractivity contribution in [1.29, 1.82) is 0 Å². The van der Waals surface area contributed by atoms with Gasteiger partial charge in [-0.1, -0.05) is 0 Å². The lowest BCUT2D eigenvalue weighted by Crippen LogP contribution is -2.33. The van der Waals surface area contributed by atoms with Crippen LogP contribution in [0.5, 0.6) is 0 Å². The number of hydrogen-bond donors (Lipinski definition) is 1. The fraction of sp³-hybridized carbons (Fsp3) is 0.417. The molecule has 3 rings (SSSR count). The normalized spacial score (nSPS) is 23.7. The summed E-state index contributed by atoms with van der Waals surface area (Å²) in [5.41, 5.74) is 0.776. The molecule has 94 valence electrons. The zero-order valence-electron chi connectivity index (χ0n) is 10.0. The van der Waals surface area contributed by atoms with Gasteiger partial charge >= 0.3 is 5.97 Å². The molecule has 0 amide bonds. The van der Waals surface area contributed by atoms with Gasteiger partial charge in [-0.3, -0.25) is 4.79 Å².